The maximum absolute atomic E-state index is 12.7. The van der Waals surface area contributed by atoms with E-state index in [0.717, 1.165) is 0 Å². The number of nitrogens with two attached hydrogens (primary N) is 2. The van der Waals surface area contributed by atoms with Crippen molar-refractivity contribution < 1.29 is 8.91 Å². The molecular weight excluding hydrogens is 257 g/mol. The first kappa shape index (κ1) is 12.4. The highest BCUT2D eigenvalue weighted by Gasteiger charge is 2.09. The molecule has 1 heterocycles. The summed E-state index contributed by atoms with van der Waals surface area (Å²) in [6.07, 6.45) is 0. The van der Waals surface area contributed by atoms with Crippen molar-refractivity contribution in [3.8, 4) is 11.5 Å². The zero-order valence-electron chi connectivity index (χ0n) is 9.21. The Morgan fingerprint density at radius 1 is 1.39 bits per heavy atom. The minimum absolute atomic E-state index is 0.239. The van der Waals surface area contributed by atoms with E-state index in [2.05, 4.69) is 15.2 Å². The zero-order chi connectivity index (χ0) is 13.0. The van der Waals surface area contributed by atoms with Crippen molar-refractivity contribution in [3.05, 3.63) is 35.9 Å². The number of hydrogen-bond donors (Lipinski definition) is 2. The van der Waals surface area contributed by atoms with Crippen LogP contribution in [0.25, 0.3) is 11.5 Å². The first-order chi connectivity index (χ1) is 8.69. The second kappa shape index (κ2) is 5.50. The van der Waals surface area contributed by atoms with E-state index in [1.54, 1.807) is 12.1 Å². The quantitative estimate of drug-likeness (QED) is 0.376. The fraction of sp³-hybridized carbons (Fsp3) is 0.100. The number of nitrogens with zero attached hydrogens (tertiary/aromatic N) is 3. The highest BCUT2D eigenvalue weighted by Crippen LogP contribution is 2.18. The largest absolute Gasteiger partial charge is 0.377 e. The summed E-state index contributed by atoms with van der Waals surface area (Å²) in [5.41, 5.74) is 6.07. The molecule has 1 aromatic carbocycles. The Kier molecular flexibility index (Phi) is 3.78. The highest BCUT2D eigenvalue weighted by molar-refractivity contribution is 8.13. The van der Waals surface area contributed by atoms with Gasteiger partial charge in [0.05, 0.1) is 5.75 Å². The van der Waals surface area contributed by atoms with Crippen LogP contribution in [0.15, 0.2) is 33.9 Å². The second-order valence-electron chi connectivity index (χ2n) is 3.28. The van der Waals surface area contributed by atoms with E-state index in [-0.39, 0.29) is 11.0 Å². The molecule has 8 heteroatoms. The molecule has 0 fully saturated rings. The normalized spacial score (nSPS) is 11.7. The molecule has 0 unspecified atom stereocenters. The SMILES string of the molecule is NN=C(N)SCc1noc(-c2ccc(F)cc2)n1. The fourth-order valence-corrected chi connectivity index (χ4v) is 1.67. The lowest BCUT2D eigenvalue weighted by atomic mass is 10.2. The van der Waals surface area contributed by atoms with E-state index in [1.807, 2.05) is 0 Å². The van der Waals surface area contributed by atoms with Gasteiger partial charge in [-0.15, -0.1) is 0 Å². The van der Waals surface area contributed by atoms with Gasteiger partial charge in [-0.05, 0) is 24.3 Å². The maximum Gasteiger partial charge on any atom is 0.257 e. The molecule has 0 amide bonds. The summed E-state index contributed by atoms with van der Waals surface area (Å²) < 4.78 is 17.8. The third kappa shape index (κ3) is 2.98. The molecule has 0 aliphatic rings. The van der Waals surface area contributed by atoms with E-state index in [0.29, 0.717) is 23.0 Å². The van der Waals surface area contributed by atoms with Gasteiger partial charge in [-0.3, -0.25) is 0 Å². The topological polar surface area (TPSA) is 103 Å². The number of aromatic nitrogens is 2. The van der Waals surface area contributed by atoms with Crippen LogP contribution in [0.2, 0.25) is 0 Å². The van der Waals surface area contributed by atoms with E-state index in [1.165, 1.54) is 23.9 Å². The van der Waals surface area contributed by atoms with Gasteiger partial charge in [-0.1, -0.05) is 16.9 Å². The smallest absolute Gasteiger partial charge is 0.257 e. The number of halogens is 1. The van der Waals surface area contributed by atoms with Gasteiger partial charge < -0.3 is 16.1 Å². The summed E-state index contributed by atoms with van der Waals surface area (Å²) in [4.78, 5) is 4.14. The molecule has 94 valence electrons. The number of benzene rings is 1. The monoisotopic (exact) mass is 267 g/mol. The highest BCUT2D eigenvalue weighted by atomic mass is 32.2. The third-order valence-electron chi connectivity index (χ3n) is 2.04. The maximum atomic E-state index is 12.7. The predicted molar refractivity (Wildman–Crippen MR) is 66.8 cm³/mol. The first-order valence-electron chi connectivity index (χ1n) is 4.93. The summed E-state index contributed by atoms with van der Waals surface area (Å²) in [7, 11) is 0. The van der Waals surface area contributed by atoms with Crippen LogP contribution in [-0.4, -0.2) is 15.3 Å². The molecule has 4 N–H and O–H groups in total. The lowest BCUT2D eigenvalue weighted by Gasteiger charge is -1.93. The fourth-order valence-electron chi connectivity index (χ4n) is 1.20. The van der Waals surface area contributed by atoms with E-state index in [9.17, 15) is 4.39 Å². The summed E-state index contributed by atoms with van der Waals surface area (Å²) in [6.45, 7) is 0. The van der Waals surface area contributed by atoms with Crippen LogP contribution < -0.4 is 11.6 Å². The van der Waals surface area contributed by atoms with Crippen LogP contribution in [0.1, 0.15) is 5.82 Å². The standard InChI is InChI=1S/C10H10FN5OS/c11-7-3-1-6(2-4-7)9-14-8(16-17-9)5-18-10(12)15-13/h1-4H,5,13H2,(H2,12,15). The predicted octanol–water partition coefficient (Wildman–Crippen LogP) is 1.30. The molecule has 2 rings (SSSR count). The average molecular weight is 267 g/mol. The van der Waals surface area contributed by atoms with Crippen LogP contribution in [-0.2, 0) is 5.75 Å². The van der Waals surface area contributed by atoms with Crippen LogP contribution in [0, 0.1) is 5.82 Å². The molecule has 1 aromatic heterocycles. The zero-order valence-corrected chi connectivity index (χ0v) is 10.0. The molecular formula is C10H10FN5OS. The molecule has 2 aromatic rings. The molecule has 0 aliphatic carbocycles. The number of thioether (sulfide) groups is 1. The Hall–Kier alpha value is -2.09. The average Bonchev–Trinajstić information content (AvgIpc) is 2.85. The minimum atomic E-state index is -0.319. The molecule has 6 nitrogen and oxygen atoms in total. The molecule has 0 saturated heterocycles. The Labute approximate surface area is 106 Å². The number of hydrogen-bond acceptors (Lipinski definition) is 6. The molecule has 0 spiro atoms. The van der Waals surface area contributed by atoms with Gasteiger partial charge in [0.2, 0.25) is 0 Å². The number of hydrazone groups is 1. The third-order valence-corrected chi connectivity index (χ3v) is 2.84. The molecule has 18 heavy (non-hydrogen) atoms. The molecule has 0 radical (unpaired) electrons. The first-order valence-corrected chi connectivity index (χ1v) is 5.92. The van der Waals surface area contributed by atoms with Gasteiger partial charge in [0.15, 0.2) is 11.0 Å². The van der Waals surface area contributed by atoms with E-state index in [4.69, 9.17) is 16.1 Å². The van der Waals surface area contributed by atoms with Crippen LogP contribution in [0.5, 0.6) is 0 Å². The van der Waals surface area contributed by atoms with Crippen molar-refractivity contribution in [2.24, 2.45) is 16.7 Å². The molecule has 0 aliphatic heterocycles. The van der Waals surface area contributed by atoms with Gasteiger partial charge in [-0.2, -0.15) is 10.1 Å². The van der Waals surface area contributed by atoms with Crippen LogP contribution >= 0.6 is 11.8 Å². The van der Waals surface area contributed by atoms with Crippen molar-refractivity contribution in [1.82, 2.24) is 10.1 Å². The molecule has 0 saturated carbocycles. The Morgan fingerprint density at radius 3 is 2.78 bits per heavy atom. The van der Waals surface area contributed by atoms with Crippen LogP contribution in [0.3, 0.4) is 0 Å². The van der Waals surface area contributed by atoms with Crippen molar-refractivity contribution >= 4 is 16.9 Å². The van der Waals surface area contributed by atoms with E-state index >= 15 is 0 Å². The van der Waals surface area contributed by atoms with Gasteiger partial charge in [0.1, 0.15) is 5.82 Å². The number of rotatable bonds is 3. The van der Waals surface area contributed by atoms with Gasteiger partial charge >= 0.3 is 0 Å². The van der Waals surface area contributed by atoms with Crippen molar-refractivity contribution in [3.63, 3.8) is 0 Å². The molecule has 0 atom stereocenters. The summed E-state index contributed by atoms with van der Waals surface area (Å²) >= 11 is 1.20. The van der Waals surface area contributed by atoms with Crippen molar-refractivity contribution in [2.75, 3.05) is 0 Å². The van der Waals surface area contributed by atoms with Crippen LogP contribution in [0.4, 0.5) is 4.39 Å². The lowest BCUT2D eigenvalue weighted by molar-refractivity contribution is 0.425. The lowest BCUT2D eigenvalue weighted by Crippen LogP contribution is -2.09. The Bertz CT molecular complexity index is 554. The summed E-state index contributed by atoms with van der Waals surface area (Å²) in [5.74, 6) is 5.86. The molecule has 0 bridgehead atoms. The summed E-state index contributed by atoms with van der Waals surface area (Å²) in [6, 6.07) is 5.78. The van der Waals surface area contributed by atoms with Gasteiger partial charge in [0.25, 0.3) is 5.89 Å². The van der Waals surface area contributed by atoms with E-state index < -0.39 is 0 Å². The number of amidine groups is 1. The Morgan fingerprint density at radius 2 is 2.11 bits per heavy atom. The van der Waals surface area contributed by atoms with Crippen molar-refractivity contribution in [1.29, 1.82) is 0 Å². The van der Waals surface area contributed by atoms with Crippen molar-refractivity contribution in [2.45, 2.75) is 5.75 Å². The Balaban J connectivity index is 2.08. The summed E-state index contributed by atoms with van der Waals surface area (Å²) in [5, 5.41) is 7.32. The van der Waals surface area contributed by atoms with Gasteiger partial charge in [0, 0.05) is 5.56 Å². The van der Waals surface area contributed by atoms with Gasteiger partial charge in [-0.25, -0.2) is 4.39 Å². The second-order valence-corrected chi connectivity index (χ2v) is 4.27. The minimum Gasteiger partial charge on any atom is -0.377 e.